The first-order valence-electron chi connectivity index (χ1n) is 6.90. The van der Waals surface area contributed by atoms with Crippen LogP contribution in [0.15, 0.2) is 60.7 Å². The van der Waals surface area contributed by atoms with E-state index in [1.165, 1.54) is 15.3 Å². The number of aromatic hydroxyl groups is 1. The average Bonchev–Trinajstić information content (AvgIpc) is 2.96. The van der Waals surface area contributed by atoms with E-state index < -0.39 is 0 Å². The van der Waals surface area contributed by atoms with E-state index in [4.69, 9.17) is 0 Å². The summed E-state index contributed by atoms with van der Waals surface area (Å²) in [7, 11) is 0. The molecule has 2 N–H and O–H groups in total. The van der Waals surface area contributed by atoms with Gasteiger partial charge in [0.1, 0.15) is 5.75 Å². The first-order valence-corrected chi connectivity index (χ1v) is 7.71. The molecule has 3 heteroatoms. The maximum atomic E-state index is 9.43. The Kier molecular flexibility index (Phi) is 3.93. The number of nitrogens with one attached hydrogen (secondary N) is 1. The summed E-state index contributed by atoms with van der Waals surface area (Å²) in [6.45, 7) is 2.79. The third-order valence-corrected chi connectivity index (χ3v) is 4.52. The molecule has 0 aliphatic carbocycles. The number of rotatable bonds is 4. The molecule has 0 spiro atoms. The van der Waals surface area contributed by atoms with Crippen LogP contribution in [0.2, 0.25) is 0 Å². The first-order chi connectivity index (χ1) is 10.2. The monoisotopic (exact) mass is 295 g/mol. The van der Waals surface area contributed by atoms with Crippen molar-refractivity contribution in [3.63, 3.8) is 0 Å². The number of phenolic OH excluding ortho intramolecular Hbond substituents is 1. The summed E-state index contributed by atoms with van der Waals surface area (Å²) in [6, 6.07) is 20.1. The van der Waals surface area contributed by atoms with Crippen LogP contribution >= 0.6 is 11.3 Å². The number of phenols is 1. The topological polar surface area (TPSA) is 32.3 Å². The predicted molar refractivity (Wildman–Crippen MR) is 89.9 cm³/mol. The van der Waals surface area contributed by atoms with Gasteiger partial charge < -0.3 is 10.4 Å². The van der Waals surface area contributed by atoms with Crippen molar-refractivity contribution in [3.05, 3.63) is 71.1 Å². The molecule has 0 radical (unpaired) electrons. The van der Waals surface area contributed by atoms with E-state index >= 15 is 0 Å². The molecule has 2 aromatic carbocycles. The van der Waals surface area contributed by atoms with E-state index in [2.05, 4.69) is 41.7 Å². The summed E-state index contributed by atoms with van der Waals surface area (Å²) in [4.78, 5) is 2.58. The van der Waals surface area contributed by atoms with Gasteiger partial charge in [0.2, 0.25) is 0 Å². The zero-order valence-corrected chi connectivity index (χ0v) is 12.7. The molecule has 0 atom stereocenters. The average molecular weight is 295 g/mol. The summed E-state index contributed by atoms with van der Waals surface area (Å²) in [5.41, 5.74) is 3.37. The Labute approximate surface area is 128 Å². The third kappa shape index (κ3) is 3.26. The fourth-order valence-corrected chi connectivity index (χ4v) is 3.21. The maximum absolute atomic E-state index is 9.43. The van der Waals surface area contributed by atoms with Crippen molar-refractivity contribution in [2.45, 2.75) is 13.5 Å². The van der Waals surface area contributed by atoms with Gasteiger partial charge in [0.05, 0.1) is 0 Å². The second kappa shape index (κ2) is 6.02. The van der Waals surface area contributed by atoms with E-state index in [0.717, 1.165) is 17.8 Å². The summed E-state index contributed by atoms with van der Waals surface area (Å²) in [5, 5.41) is 12.8. The number of hydrogen-bond donors (Lipinski definition) is 2. The van der Waals surface area contributed by atoms with Crippen LogP contribution in [-0.4, -0.2) is 5.11 Å². The van der Waals surface area contributed by atoms with Crippen LogP contribution in [0, 0.1) is 6.92 Å². The highest BCUT2D eigenvalue weighted by Crippen LogP contribution is 2.29. The minimum atomic E-state index is 0.306. The van der Waals surface area contributed by atoms with E-state index in [1.807, 2.05) is 19.1 Å². The lowest BCUT2D eigenvalue weighted by Crippen LogP contribution is -1.98. The highest BCUT2D eigenvalue weighted by molar-refractivity contribution is 7.15. The van der Waals surface area contributed by atoms with Gasteiger partial charge in [-0.3, -0.25) is 0 Å². The van der Waals surface area contributed by atoms with Crippen molar-refractivity contribution in [1.29, 1.82) is 0 Å². The van der Waals surface area contributed by atoms with E-state index in [9.17, 15) is 5.11 Å². The van der Waals surface area contributed by atoms with Gasteiger partial charge >= 0.3 is 0 Å². The van der Waals surface area contributed by atoms with Crippen molar-refractivity contribution in [3.8, 4) is 16.2 Å². The SMILES string of the molecule is Cc1cc(O)ccc1NCc1ccc(-c2ccccc2)s1. The minimum absolute atomic E-state index is 0.306. The zero-order valence-electron chi connectivity index (χ0n) is 11.8. The molecule has 0 bridgehead atoms. The first kappa shape index (κ1) is 13.7. The van der Waals surface area contributed by atoms with Gasteiger partial charge in [-0.25, -0.2) is 0 Å². The molecule has 0 fully saturated rings. The van der Waals surface area contributed by atoms with Crippen LogP contribution in [0.3, 0.4) is 0 Å². The number of thiophene rings is 1. The normalized spacial score (nSPS) is 10.5. The highest BCUT2D eigenvalue weighted by atomic mass is 32.1. The van der Waals surface area contributed by atoms with Crippen molar-refractivity contribution < 1.29 is 5.11 Å². The molecule has 106 valence electrons. The van der Waals surface area contributed by atoms with Gasteiger partial charge in [-0.05, 0) is 48.4 Å². The molecule has 0 aliphatic heterocycles. The summed E-state index contributed by atoms with van der Waals surface area (Å²) >= 11 is 1.80. The third-order valence-electron chi connectivity index (χ3n) is 3.38. The molecule has 21 heavy (non-hydrogen) atoms. The largest absolute Gasteiger partial charge is 0.508 e. The van der Waals surface area contributed by atoms with Gasteiger partial charge in [-0.15, -0.1) is 11.3 Å². The summed E-state index contributed by atoms with van der Waals surface area (Å²) in [6.07, 6.45) is 0. The van der Waals surface area contributed by atoms with Gasteiger partial charge in [0, 0.05) is 22.0 Å². The molecule has 0 saturated carbocycles. The molecule has 3 aromatic rings. The van der Waals surface area contributed by atoms with Crippen LogP contribution < -0.4 is 5.32 Å². The molecule has 0 amide bonds. The minimum Gasteiger partial charge on any atom is -0.508 e. The number of aryl methyl sites for hydroxylation is 1. The van der Waals surface area contributed by atoms with Gasteiger partial charge in [0.15, 0.2) is 0 Å². The smallest absolute Gasteiger partial charge is 0.115 e. The molecular weight excluding hydrogens is 278 g/mol. The van der Waals surface area contributed by atoms with Crippen LogP contribution in [0.5, 0.6) is 5.75 Å². The van der Waals surface area contributed by atoms with Gasteiger partial charge in [0.25, 0.3) is 0 Å². The number of anilines is 1. The van der Waals surface area contributed by atoms with Crippen molar-refractivity contribution >= 4 is 17.0 Å². The Bertz CT molecular complexity index is 734. The molecule has 0 saturated heterocycles. The van der Waals surface area contributed by atoms with Crippen molar-refractivity contribution in [2.24, 2.45) is 0 Å². The lowest BCUT2D eigenvalue weighted by molar-refractivity contribution is 0.475. The Morgan fingerprint density at radius 3 is 2.57 bits per heavy atom. The van der Waals surface area contributed by atoms with Gasteiger partial charge in [-0.1, -0.05) is 30.3 Å². The van der Waals surface area contributed by atoms with E-state index in [1.54, 1.807) is 23.5 Å². The van der Waals surface area contributed by atoms with Crippen molar-refractivity contribution in [2.75, 3.05) is 5.32 Å². The van der Waals surface area contributed by atoms with Crippen LogP contribution in [-0.2, 0) is 6.54 Å². The predicted octanol–water partition coefficient (Wildman–Crippen LogP) is 5.04. The van der Waals surface area contributed by atoms with Crippen LogP contribution in [0.1, 0.15) is 10.4 Å². The highest BCUT2D eigenvalue weighted by Gasteiger charge is 2.04. The Hall–Kier alpha value is -2.26. The number of hydrogen-bond acceptors (Lipinski definition) is 3. The fraction of sp³-hybridized carbons (Fsp3) is 0.111. The lowest BCUT2D eigenvalue weighted by Gasteiger charge is -2.08. The van der Waals surface area contributed by atoms with E-state index in [-0.39, 0.29) is 0 Å². The van der Waals surface area contributed by atoms with Crippen LogP contribution in [0.4, 0.5) is 5.69 Å². The maximum Gasteiger partial charge on any atom is 0.115 e. The molecule has 1 aromatic heterocycles. The number of benzene rings is 2. The summed E-state index contributed by atoms with van der Waals surface area (Å²) < 4.78 is 0. The van der Waals surface area contributed by atoms with E-state index in [0.29, 0.717) is 5.75 Å². The Morgan fingerprint density at radius 2 is 1.81 bits per heavy atom. The Morgan fingerprint density at radius 1 is 1.00 bits per heavy atom. The molecular formula is C18H17NOS. The molecule has 3 rings (SSSR count). The molecule has 1 heterocycles. The quantitative estimate of drug-likeness (QED) is 0.661. The lowest BCUT2D eigenvalue weighted by atomic mass is 10.2. The molecule has 2 nitrogen and oxygen atoms in total. The van der Waals surface area contributed by atoms with Crippen LogP contribution in [0.25, 0.3) is 10.4 Å². The van der Waals surface area contributed by atoms with Gasteiger partial charge in [-0.2, -0.15) is 0 Å². The Balaban J connectivity index is 1.70. The molecule has 0 aliphatic rings. The standard InChI is InChI=1S/C18H17NOS/c1-13-11-15(20)7-9-17(13)19-12-16-8-10-18(21-16)14-5-3-2-4-6-14/h2-11,19-20H,12H2,1H3. The van der Waals surface area contributed by atoms with Crippen molar-refractivity contribution in [1.82, 2.24) is 0 Å². The zero-order chi connectivity index (χ0) is 14.7. The fourth-order valence-electron chi connectivity index (χ4n) is 2.26. The summed E-state index contributed by atoms with van der Waals surface area (Å²) in [5.74, 6) is 0.306. The second-order valence-corrected chi connectivity index (χ2v) is 6.15. The second-order valence-electron chi connectivity index (χ2n) is 4.98. The molecule has 0 unspecified atom stereocenters.